The first-order valence-corrected chi connectivity index (χ1v) is 10.5. The van der Waals surface area contributed by atoms with Crippen LogP contribution in [0.2, 0.25) is 0 Å². The van der Waals surface area contributed by atoms with E-state index in [4.69, 9.17) is 14.2 Å². The fourth-order valence-corrected chi connectivity index (χ4v) is 3.46. The average molecular weight is 433 g/mol. The van der Waals surface area contributed by atoms with Gasteiger partial charge in [-0.2, -0.15) is 0 Å². The number of amides is 1. The lowest BCUT2D eigenvalue weighted by Gasteiger charge is -2.44. The summed E-state index contributed by atoms with van der Waals surface area (Å²) in [7, 11) is 0. The molecule has 2 heterocycles. The molecule has 8 atom stereocenters. The molecule has 2 fully saturated rings. The number of aliphatic hydroxyl groups excluding tert-OH is 5. The first-order valence-electron chi connectivity index (χ1n) is 10.5. The van der Waals surface area contributed by atoms with Gasteiger partial charge in [-0.25, -0.2) is 0 Å². The molecular weight excluding hydrogens is 398 g/mol. The maximum Gasteiger partial charge on any atom is 0.224 e. The van der Waals surface area contributed by atoms with Crippen LogP contribution in [0.5, 0.6) is 0 Å². The summed E-state index contributed by atoms with van der Waals surface area (Å²) in [5.74, 6) is -0.211. The second-order valence-corrected chi connectivity index (χ2v) is 7.62. The molecule has 0 aromatic heterocycles. The van der Waals surface area contributed by atoms with Crippen LogP contribution < -0.4 is 0 Å². The van der Waals surface area contributed by atoms with E-state index >= 15 is 0 Å². The highest BCUT2D eigenvalue weighted by Gasteiger charge is 2.46. The van der Waals surface area contributed by atoms with Crippen molar-refractivity contribution >= 4 is 5.91 Å². The molecule has 10 heteroatoms. The molecule has 0 spiro atoms. The minimum atomic E-state index is -1.52. The number of carbonyl (C=O) groups excluding carboxylic acids is 1. The molecule has 2 rings (SSSR count). The largest absolute Gasteiger partial charge is 0.388 e. The van der Waals surface area contributed by atoms with E-state index in [1.165, 1.54) is 4.90 Å². The molecule has 0 bridgehead atoms. The number of unbranched alkanes of at least 4 members (excludes halogenated alkanes) is 1. The van der Waals surface area contributed by atoms with Gasteiger partial charge in [0.2, 0.25) is 5.91 Å². The summed E-state index contributed by atoms with van der Waals surface area (Å²) >= 11 is 0. The van der Waals surface area contributed by atoms with Crippen molar-refractivity contribution in [3.63, 3.8) is 0 Å². The van der Waals surface area contributed by atoms with Gasteiger partial charge in [0.25, 0.3) is 0 Å². The van der Waals surface area contributed by atoms with Crippen LogP contribution in [-0.4, -0.2) is 105 Å². The van der Waals surface area contributed by atoms with Crippen molar-refractivity contribution in [3.05, 3.63) is 12.2 Å². The van der Waals surface area contributed by atoms with Crippen LogP contribution in [0.1, 0.15) is 39.5 Å². The van der Waals surface area contributed by atoms with Gasteiger partial charge in [0.05, 0.1) is 13.2 Å². The highest BCUT2D eigenvalue weighted by atomic mass is 16.7. The Kier molecular flexibility index (Phi) is 10.1. The van der Waals surface area contributed by atoms with Gasteiger partial charge in [-0.05, 0) is 12.8 Å². The summed E-state index contributed by atoms with van der Waals surface area (Å²) in [6, 6.07) is 0. The SMILES string of the molecule is CCC/C=C\CCN(C(=O)CC)C1OCC(OC2OCC(O)C(O)C2O)C(O)C1O. The van der Waals surface area contributed by atoms with E-state index in [-0.39, 0.29) is 25.5 Å². The summed E-state index contributed by atoms with van der Waals surface area (Å²) in [6.07, 6.45) is -3.66. The van der Waals surface area contributed by atoms with Gasteiger partial charge >= 0.3 is 0 Å². The molecule has 8 unspecified atom stereocenters. The molecule has 0 aromatic carbocycles. The van der Waals surface area contributed by atoms with Gasteiger partial charge < -0.3 is 44.6 Å². The quantitative estimate of drug-likeness (QED) is 0.285. The fraction of sp³-hybridized carbons (Fsp3) is 0.850. The summed E-state index contributed by atoms with van der Waals surface area (Å²) < 4.78 is 16.3. The Balaban J connectivity index is 1.98. The molecule has 174 valence electrons. The third-order valence-electron chi connectivity index (χ3n) is 5.31. The zero-order chi connectivity index (χ0) is 22.3. The number of hydrogen-bond donors (Lipinski definition) is 5. The Morgan fingerprint density at radius 2 is 1.67 bits per heavy atom. The minimum Gasteiger partial charge on any atom is -0.388 e. The highest BCUT2D eigenvalue weighted by molar-refractivity contribution is 5.76. The molecule has 10 nitrogen and oxygen atoms in total. The second-order valence-electron chi connectivity index (χ2n) is 7.62. The van der Waals surface area contributed by atoms with Gasteiger partial charge in [-0.1, -0.05) is 32.4 Å². The summed E-state index contributed by atoms with van der Waals surface area (Å²) in [6.45, 7) is 3.71. The Morgan fingerprint density at radius 3 is 2.33 bits per heavy atom. The summed E-state index contributed by atoms with van der Waals surface area (Å²) in [5.41, 5.74) is 0. The Labute approximate surface area is 176 Å². The van der Waals surface area contributed by atoms with Crippen LogP contribution in [0.3, 0.4) is 0 Å². The average Bonchev–Trinajstić information content (AvgIpc) is 2.74. The zero-order valence-corrected chi connectivity index (χ0v) is 17.5. The van der Waals surface area contributed by atoms with Crippen LogP contribution in [0.15, 0.2) is 12.2 Å². The van der Waals surface area contributed by atoms with Crippen molar-refractivity contribution in [2.45, 2.75) is 88.7 Å². The number of aliphatic hydroxyl groups is 5. The second kappa shape index (κ2) is 12.1. The standard InChI is InChI=1S/C20H35NO9/c1-3-5-6-7-8-9-21(14(23)4-2)19-17(26)16(25)13(11-28-19)30-20-18(27)15(24)12(22)10-29-20/h6-7,12-13,15-20,22,24-27H,3-5,8-11H2,1-2H3/b7-6-. The fourth-order valence-electron chi connectivity index (χ4n) is 3.46. The molecule has 0 radical (unpaired) electrons. The van der Waals surface area contributed by atoms with Crippen LogP contribution in [-0.2, 0) is 19.0 Å². The maximum atomic E-state index is 12.4. The molecule has 0 aliphatic carbocycles. The Morgan fingerprint density at radius 1 is 0.967 bits per heavy atom. The monoisotopic (exact) mass is 433 g/mol. The molecule has 30 heavy (non-hydrogen) atoms. The van der Waals surface area contributed by atoms with Gasteiger partial charge in [-0.3, -0.25) is 4.79 Å². The zero-order valence-electron chi connectivity index (χ0n) is 17.5. The third kappa shape index (κ3) is 6.21. The minimum absolute atomic E-state index is 0.159. The van der Waals surface area contributed by atoms with Crippen LogP contribution in [0.25, 0.3) is 0 Å². The van der Waals surface area contributed by atoms with Crippen molar-refractivity contribution in [1.82, 2.24) is 4.90 Å². The number of ether oxygens (including phenoxy) is 3. The van der Waals surface area contributed by atoms with Crippen molar-refractivity contribution < 1.29 is 44.5 Å². The number of hydrogen-bond acceptors (Lipinski definition) is 9. The van der Waals surface area contributed by atoms with Crippen molar-refractivity contribution in [1.29, 1.82) is 0 Å². The lowest BCUT2D eigenvalue weighted by atomic mass is 10.0. The molecule has 2 aliphatic rings. The molecular formula is C20H35NO9. The van der Waals surface area contributed by atoms with Gasteiger partial charge in [0.15, 0.2) is 12.5 Å². The predicted octanol–water partition coefficient (Wildman–Crippen LogP) is -1.13. The molecule has 0 aromatic rings. The first kappa shape index (κ1) is 25.2. The number of allylic oxidation sites excluding steroid dienone is 1. The van der Waals surface area contributed by atoms with E-state index in [1.54, 1.807) is 6.92 Å². The van der Waals surface area contributed by atoms with Crippen molar-refractivity contribution in [3.8, 4) is 0 Å². The highest BCUT2D eigenvalue weighted by Crippen LogP contribution is 2.25. The van der Waals surface area contributed by atoms with Crippen LogP contribution in [0, 0.1) is 0 Å². The first-order chi connectivity index (χ1) is 14.3. The number of rotatable bonds is 9. The van der Waals surface area contributed by atoms with E-state index in [0.717, 1.165) is 12.8 Å². The van der Waals surface area contributed by atoms with Crippen molar-refractivity contribution in [2.75, 3.05) is 19.8 Å². The molecule has 5 N–H and O–H groups in total. The normalized spacial score (nSPS) is 37.4. The topological polar surface area (TPSA) is 149 Å². The van der Waals surface area contributed by atoms with E-state index in [1.807, 2.05) is 12.2 Å². The van der Waals surface area contributed by atoms with Crippen LogP contribution >= 0.6 is 0 Å². The smallest absolute Gasteiger partial charge is 0.224 e. The lowest BCUT2D eigenvalue weighted by Crippen LogP contribution is -2.62. The van der Waals surface area contributed by atoms with E-state index < -0.39 is 49.1 Å². The summed E-state index contributed by atoms with van der Waals surface area (Å²) in [4.78, 5) is 13.8. The lowest BCUT2D eigenvalue weighted by molar-refractivity contribution is -0.316. The van der Waals surface area contributed by atoms with E-state index in [2.05, 4.69) is 6.92 Å². The van der Waals surface area contributed by atoms with Gasteiger partial charge in [-0.15, -0.1) is 0 Å². The molecule has 2 aliphatic heterocycles. The van der Waals surface area contributed by atoms with E-state index in [0.29, 0.717) is 13.0 Å². The Bertz CT molecular complexity index is 560. The Hall–Kier alpha value is -1.11. The van der Waals surface area contributed by atoms with Crippen LogP contribution in [0.4, 0.5) is 0 Å². The van der Waals surface area contributed by atoms with Gasteiger partial charge in [0.1, 0.15) is 36.6 Å². The number of carbonyl (C=O) groups is 1. The number of nitrogens with zero attached hydrogens (tertiary/aromatic N) is 1. The summed E-state index contributed by atoms with van der Waals surface area (Å²) in [5, 5.41) is 50.4. The predicted molar refractivity (Wildman–Crippen MR) is 105 cm³/mol. The molecule has 0 saturated carbocycles. The maximum absolute atomic E-state index is 12.4. The van der Waals surface area contributed by atoms with Crippen molar-refractivity contribution in [2.24, 2.45) is 0 Å². The molecule has 2 saturated heterocycles. The third-order valence-corrected chi connectivity index (χ3v) is 5.31. The van der Waals surface area contributed by atoms with E-state index in [9.17, 15) is 30.3 Å². The van der Waals surface area contributed by atoms with Gasteiger partial charge in [0, 0.05) is 13.0 Å². The molecule has 1 amide bonds.